The quantitative estimate of drug-likeness (QED) is 0.627. The van der Waals surface area contributed by atoms with E-state index in [2.05, 4.69) is 0 Å². The zero-order valence-electron chi connectivity index (χ0n) is 7.38. The molecule has 2 saturated carbocycles. The third-order valence-corrected chi connectivity index (χ3v) is 3.79. The van der Waals surface area contributed by atoms with E-state index in [9.17, 15) is 0 Å². The molecule has 2 heteroatoms. The van der Waals surface area contributed by atoms with Gasteiger partial charge in [-0.25, -0.2) is 0 Å². The first-order chi connectivity index (χ1) is 5.78. The first kappa shape index (κ1) is 8.83. The summed E-state index contributed by atoms with van der Waals surface area (Å²) in [6.07, 6.45) is 6.19. The molecule has 1 nitrogen and oxygen atoms in total. The van der Waals surface area contributed by atoms with Crippen molar-refractivity contribution in [2.75, 3.05) is 6.61 Å². The third kappa shape index (κ3) is 1.77. The van der Waals surface area contributed by atoms with Crippen molar-refractivity contribution < 1.29 is 5.11 Å². The van der Waals surface area contributed by atoms with Crippen molar-refractivity contribution in [1.29, 1.82) is 0 Å². The van der Waals surface area contributed by atoms with Crippen molar-refractivity contribution in [2.24, 2.45) is 17.8 Å². The number of alkyl halides is 1. The molecule has 12 heavy (non-hydrogen) atoms. The van der Waals surface area contributed by atoms with Gasteiger partial charge in [-0.1, -0.05) is 0 Å². The number of halogens is 1. The average Bonchev–Trinajstić information content (AvgIpc) is 2.02. The van der Waals surface area contributed by atoms with Gasteiger partial charge in [0.05, 0.1) is 0 Å². The summed E-state index contributed by atoms with van der Waals surface area (Å²) in [6, 6.07) is 0. The molecule has 0 saturated heterocycles. The molecule has 2 rings (SSSR count). The molecule has 2 atom stereocenters. The molecule has 0 spiro atoms. The average molecular weight is 189 g/mol. The summed E-state index contributed by atoms with van der Waals surface area (Å²) in [4.78, 5) is 0. The number of aliphatic hydroxyl groups is 1. The van der Waals surface area contributed by atoms with Crippen molar-refractivity contribution in [2.45, 2.75) is 37.5 Å². The van der Waals surface area contributed by atoms with Gasteiger partial charge in [-0.3, -0.25) is 0 Å². The van der Waals surface area contributed by atoms with E-state index in [4.69, 9.17) is 16.7 Å². The van der Waals surface area contributed by atoms with E-state index < -0.39 is 0 Å². The molecule has 0 aromatic carbocycles. The molecule has 0 aromatic heterocycles. The van der Waals surface area contributed by atoms with Crippen LogP contribution in [0.4, 0.5) is 0 Å². The molecule has 2 aliphatic rings. The van der Waals surface area contributed by atoms with Crippen molar-refractivity contribution in [3.8, 4) is 0 Å². The van der Waals surface area contributed by atoms with Crippen LogP contribution < -0.4 is 0 Å². The van der Waals surface area contributed by atoms with Crippen LogP contribution in [0, 0.1) is 17.8 Å². The molecule has 0 heterocycles. The van der Waals surface area contributed by atoms with Gasteiger partial charge in [0, 0.05) is 12.0 Å². The Balaban J connectivity index is 1.96. The SMILES string of the molecule is OCC1CC2CC(Cl)CC(C1)C2. The Morgan fingerprint density at radius 3 is 2.08 bits per heavy atom. The number of hydrogen-bond donors (Lipinski definition) is 1. The summed E-state index contributed by atoms with van der Waals surface area (Å²) >= 11 is 6.15. The molecule has 0 amide bonds. The van der Waals surface area contributed by atoms with E-state index in [1.54, 1.807) is 0 Å². The molecular weight excluding hydrogens is 172 g/mol. The van der Waals surface area contributed by atoms with E-state index >= 15 is 0 Å². The van der Waals surface area contributed by atoms with Crippen molar-refractivity contribution >= 4 is 11.6 Å². The van der Waals surface area contributed by atoms with E-state index in [-0.39, 0.29) is 0 Å². The summed E-state index contributed by atoms with van der Waals surface area (Å²) in [5.74, 6) is 2.22. The van der Waals surface area contributed by atoms with Gasteiger partial charge in [-0.2, -0.15) is 0 Å². The highest BCUT2D eigenvalue weighted by Crippen LogP contribution is 2.43. The number of hydrogen-bond acceptors (Lipinski definition) is 1. The van der Waals surface area contributed by atoms with Gasteiger partial charge in [0.25, 0.3) is 0 Å². The van der Waals surface area contributed by atoms with Gasteiger partial charge < -0.3 is 5.11 Å². The van der Waals surface area contributed by atoms with Crippen LogP contribution in [0.1, 0.15) is 32.1 Å². The monoisotopic (exact) mass is 188 g/mol. The van der Waals surface area contributed by atoms with Gasteiger partial charge in [0.1, 0.15) is 0 Å². The fourth-order valence-electron chi connectivity index (χ4n) is 3.06. The fourth-order valence-corrected chi connectivity index (χ4v) is 3.56. The van der Waals surface area contributed by atoms with E-state index in [0.29, 0.717) is 17.9 Å². The largest absolute Gasteiger partial charge is 0.396 e. The lowest BCUT2D eigenvalue weighted by Gasteiger charge is -2.40. The lowest BCUT2D eigenvalue weighted by Crippen LogP contribution is -2.32. The summed E-state index contributed by atoms with van der Waals surface area (Å²) in [7, 11) is 0. The van der Waals surface area contributed by atoms with Gasteiger partial charge in [0.15, 0.2) is 0 Å². The Labute approximate surface area is 79.1 Å². The van der Waals surface area contributed by atoms with Crippen molar-refractivity contribution in [3.05, 3.63) is 0 Å². The number of aliphatic hydroxyl groups excluding tert-OH is 1. The predicted octanol–water partition coefficient (Wildman–Crippen LogP) is 2.41. The normalized spacial score (nSPS) is 47.5. The second kappa shape index (κ2) is 3.55. The maximum Gasteiger partial charge on any atom is 0.0459 e. The maximum absolute atomic E-state index is 9.08. The van der Waals surface area contributed by atoms with Gasteiger partial charge in [-0.15, -0.1) is 11.6 Å². The molecule has 2 aliphatic carbocycles. The van der Waals surface area contributed by atoms with Gasteiger partial charge in [-0.05, 0) is 49.9 Å². The highest BCUT2D eigenvalue weighted by atomic mass is 35.5. The van der Waals surface area contributed by atoms with Crippen molar-refractivity contribution in [3.63, 3.8) is 0 Å². The Morgan fingerprint density at radius 2 is 1.58 bits per heavy atom. The molecule has 2 fully saturated rings. The fraction of sp³-hybridized carbons (Fsp3) is 1.00. The van der Waals surface area contributed by atoms with Crippen LogP contribution in [0.15, 0.2) is 0 Å². The van der Waals surface area contributed by atoms with E-state index in [1.165, 1.54) is 32.1 Å². The Morgan fingerprint density at radius 1 is 1.00 bits per heavy atom. The minimum absolute atomic E-state index is 0.389. The lowest BCUT2D eigenvalue weighted by molar-refractivity contribution is 0.0945. The summed E-state index contributed by atoms with van der Waals surface area (Å²) in [5.41, 5.74) is 0. The zero-order chi connectivity index (χ0) is 8.55. The topological polar surface area (TPSA) is 20.2 Å². The first-order valence-corrected chi connectivity index (χ1v) is 5.46. The summed E-state index contributed by atoms with van der Waals surface area (Å²) in [6.45, 7) is 0.389. The third-order valence-electron chi connectivity index (χ3n) is 3.44. The van der Waals surface area contributed by atoms with Crippen LogP contribution in [0.25, 0.3) is 0 Å². The lowest BCUT2D eigenvalue weighted by atomic mass is 9.68. The van der Waals surface area contributed by atoms with Crippen molar-refractivity contribution in [1.82, 2.24) is 0 Å². The van der Waals surface area contributed by atoms with Crippen LogP contribution in [0.2, 0.25) is 0 Å². The molecule has 70 valence electrons. The first-order valence-electron chi connectivity index (χ1n) is 5.03. The molecule has 2 bridgehead atoms. The molecule has 0 aromatic rings. The molecule has 0 radical (unpaired) electrons. The molecule has 2 unspecified atom stereocenters. The van der Waals surface area contributed by atoms with Crippen LogP contribution in [0.3, 0.4) is 0 Å². The summed E-state index contributed by atoms with van der Waals surface area (Å²) < 4.78 is 0. The number of fused-ring (bicyclic) bond motifs is 2. The minimum atomic E-state index is 0.389. The summed E-state index contributed by atoms with van der Waals surface area (Å²) in [5, 5.41) is 9.50. The van der Waals surface area contributed by atoms with Gasteiger partial charge in [0.2, 0.25) is 0 Å². The molecule has 0 aliphatic heterocycles. The molecular formula is C10H17ClO. The van der Waals surface area contributed by atoms with E-state index in [1.807, 2.05) is 0 Å². The van der Waals surface area contributed by atoms with Crippen LogP contribution in [-0.4, -0.2) is 17.1 Å². The Hall–Kier alpha value is 0.250. The second-order valence-corrected chi connectivity index (χ2v) is 5.17. The Kier molecular flexibility index (Phi) is 2.61. The standard InChI is InChI=1S/C10H17ClO/c11-10-4-7-1-8(5-10)3-9(2-7)6-12/h7-10,12H,1-6H2. The highest BCUT2D eigenvalue weighted by Gasteiger charge is 2.34. The predicted molar refractivity (Wildman–Crippen MR) is 50.3 cm³/mol. The highest BCUT2D eigenvalue weighted by molar-refractivity contribution is 6.20. The maximum atomic E-state index is 9.08. The van der Waals surface area contributed by atoms with Crippen LogP contribution in [-0.2, 0) is 0 Å². The second-order valence-electron chi connectivity index (χ2n) is 4.56. The smallest absolute Gasteiger partial charge is 0.0459 e. The van der Waals surface area contributed by atoms with Crippen LogP contribution in [0.5, 0.6) is 0 Å². The number of rotatable bonds is 1. The minimum Gasteiger partial charge on any atom is -0.396 e. The van der Waals surface area contributed by atoms with Crippen LogP contribution >= 0.6 is 11.6 Å². The van der Waals surface area contributed by atoms with Gasteiger partial charge >= 0.3 is 0 Å². The Bertz CT molecular complexity index is 142. The molecule has 1 N–H and O–H groups in total. The zero-order valence-corrected chi connectivity index (χ0v) is 8.13. The van der Waals surface area contributed by atoms with E-state index in [0.717, 1.165) is 11.8 Å².